The standard InChI is InChI=1S/C2H2ClOP/c3-5-1-2(5)4/h1,4H. The summed E-state index contributed by atoms with van der Waals surface area (Å²) in [6.07, 6.45) is 0. The largest absolute Gasteiger partial charge is 0.506 e. The molecule has 0 radical (unpaired) electrons. The van der Waals surface area contributed by atoms with Crippen molar-refractivity contribution in [3.05, 3.63) is 11.3 Å². The van der Waals surface area contributed by atoms with E-state index in [4.69, 9.17) is 16.3 Å². The number of hydrogen-bond donors (Lipinski definition) is 1. The third-order valence-electron chi connectivity index (χ3n) is 0.380. The molecule has 0 saturated carbocycles. The minimum absolute atomic E-state index is 0.377. The van der Waals surface area contributed by atoms with Crippen LogP contribution in [-0.2, 0) is 0 Å². The lowest BCUT2D eigenvalue weighted by molar-refractivity contribution is 0.465. The van der Waals surface area contributed by atoms with E-state index < -0.39 is 7.27 Å². The van der Waals surface area contributed by atoms with Crippen molar-refractivity contribution in [2.45, 2.75) is 0 Å². The van der Waals surface area contributed by atoms with Gasteiger partial charge in [0.05, 0.1) is 7.27 Å². The van der Waals surface area contributed by atoms with Gasteiger partial charge < -0.3 is 5.11 Å². The van der Waals surface area contributed by atoms with Crippen molar-refractivity contribution >= 4 is 18.5 Å². The average molecular weight is 108 g/mol. The van der Waals surface area contributed by atoms with E-state index in [1.807, 2.05) is 0 Å². The third-order valence-corrected chi connectivity index (χ3v) is 1.95. The van der Waals surface area contributed by atoms with Gasteiger partial charge in [0.2, 0.25) is 0 Å². The summed E-state index contributed by atoms with van der Waals surface area (Å²) in [5.41, 5.74) is 0.377. The summed E-state index contributed by atoms with van der Waals surface area (Å²) in [7, 11) is -0.612. The fourth-order valence-electron chi connectivity index (χ4n) is 0.0725. The van der Waals surface area contributed by atoms with Crippen LogP contribution < -0.4 is 0 Å². The van der Waals surface area contributed by atoms with Gasteiger partial charge in [0.15, 0.2) is 0 Å². The lowest BCUT2D eigenvalue weighted by Gasteiger charge is -1.66. The van der Waals surface area contributed by atoms with Crippen LogP contribution in [0.4, 0.5) is 0 Å². The van der Waals surface area contributed by atoms with Gasteiger partial charge in [0.1, 0.15) is 5.50 Å². The van der Waals surface area contributed by atoms with Crippen molar-refractivity contribution in [2.75, 3.05) is 0 Å². The summed E-state index contributed by atoms with van der Waals surface area (Å²) in [6.45, 7) is 0. The molecule has 3 heteroatoms. The molecule has 28 valence electrons. The van der Waals surface area contributed by atoms with Crippen LogP contribution in [0.15, 0.2) is 11.3 Å². The van der Waals surface area contributed by atoms with Crippen molar-refractivity contribution in [2.24, 2.45) is 0 Å². The van der Waals surface area contributed by atoms with Crippen molar-refractivity contribution in [1.29, 1.82) is 0 Å². The molecule has 1 aliphatic heterocycles. The normalized spacial score (nSPS) is 33.0. The van der Waals surface area contributed by atoms with Gasteiger partial charge in [-0.1, -0.05) is 11.2 Å². The van der Waals surface area contributed by atoms with Gasteiger partial charge in [-0.25, -0.2) is 0 Å². The van der Waals surface area contributed by atoms with Crippen LogP contribution in [0, 0.1) is 0 Å². The van der Waals surface area contributed by atoms with Crippen LogP contribution >= 0.6 is 18.5 Å². The Hall–Kier alpha value is 0.260. The molecule has 1 unspecified atom stereocenters. The van der Waals surface area contributed by atoms with Gasteiger partial charge in [-0.05, 0) is 0 Å². The molecule has 0 aromatic heterocycles. The minimum atomic E-state index is -0.612. The van der Waals surface area contributed by atoms with Crippen LogP contribution in [0.1, 0.15) is 0 Å². The summed E-state index contributed by atoms with van der Waals surface area (Å²) in [4.78, 5) is 0. The second-order valence-corrected chi connectivity index (χ2v) is 3.23. The molecule has 1 heterocycles. The summed E-state index contributed by atoms with van der Waals surface area (Å²) < 4.78 is 0. The number of aliphatic hydroxyl groups is 1. The van der Waals surface area contributed by atoms with Crippen molar-refractivity contribution < 1.29 is 5.11 Å². The maximum Gasteiger partial charge on any atom is 0.136 e. The molecule has 0 fully saturated rings. The molecule has 1 aliphatic rings. The molecule has 0 saturated heterocycles. The predicted molar refractivity (Wildman–Crippen MR) is 23.5 cm³/mol. The highest BCUT2D eigenvalue weighted by atomic mass is 35.7. The Balaban J connectivity index is 2.38. The summed E-state index contributed by atoms with van der Waals surface area (Å²) >= 11 is 5.26. The van der Waals surface area contributed by atoms with Gasteiger partial charge >= 0.3 is 0 Å². The Kier molecular flexibility index (Phi) is 0.593. The molecule has 5 heavy (non-hydrogen) atoms. The molecular weight excluding hydrogens is 106 g/mol. The fraction of sp³-hybridized carbons (Fsp3) is 0. The first-order valence-corrected chi connectivity index (χ1v) is 3.48. The highest BCUT2D eigenvalue weighted by Gasteiger charge is 2.19. The quantitative estimate of drug-likeness (QED) is 0.471. The van der Waals surface area contributed by atoms with Crippen molar-refractivity contribution in [1.82, 2.24) is 0 Å². The molecule has 1 N–H and O–H groups in total. The maximum atomic E-state index is 8.19. The van der Waals surface area contributed by atoms with E-state index in [9.17, 15) is 0 Å². The van der Waals surface area contributed by atoms with Crippen LogP contribution in [-0.4, -0.2) is 5.11 Å². The summed E-state index contributed by atoms with van der Waals surface area (Å²) in [5, 5.41) is 8.19. The van der Waals surface area contributed by atoms with Gasteiger partial charge in [-0.2, -0.15) is 0 Å². The van der Waals surface area contributed by atoms with Crippen LogP contribution in [0.2, 0.25) is 0 Å². The lowest BCUT2D eigenvalue weighted by Crippen LogP contribution is -1.37. The Morgan fingerprint density at radius 3 is 2.20 bits per heavy atom. The molecule has 0 aliphatic carbocycles. The molecule has 1 nitrogen and oxygen atoms in total. The third kappa shape index (κ3) is 0.555. The van der Waals surface area contributed by atoms with Gasteiger partial charge in [-0.15, -0.1) is 0 Å². The van der Waals surface area contributed by atoms with Gasteiger partial charge in [0.25, 0.3) is 0 Å². The molecular formula is C2H2ClOP. The second-order valence-electron chi connectivity index (χ2n) is 0.799. The first kappa shape index (κ1) is 3.45. The predicted octanol–water partition coefficient (Wildman–Crippen LogP) is 1.99. The van der Waals surface area contributed by atoms with Gasteiger partial charge in [0, 0.05) is 5.82 Å². The van der Waals surface area contributed by atoms with E-state index >= 15 is 0 Å². The number of hydrogen-bond acceptors (Lipinski definition) is 1. The molecule has 0 aromatic carbocycles. The van der Waals surface area contributed by atoms with E-state index in [1.165, 1.54) is 0 Å². The second kappa shape index (κ2) is 0.859. The first-order chi connectivity index (χ1) is 2.30. The van der Waals surface area contributed by atoms with E-state index in [0.717, 1.165) is 0 Å². The van der Waals surface area contributed by atoms with Crippen molar-refractivity contribution in [3.63, 3.8) is 0 Å². The Morgan fingerprint density at radius 2 is 2.20 bits per heavy atom. The average Bonchev–Trinajstić information content (AvgIpc) is 1.79. The lowest BCUT2D eigenvalue weighted by atomic mass is 11.2. The van der Waals surface area contributed by atoms with E-state index in [-0.39, 0.29) is 0 Å². The SMILES string of the molecule is OC1=CP1Cl. The monoisotopic (exact) mass is 108 g/mol. The molecule has 0 bridgehead atoms. The van der Waals surface area contributed by atoms with Crippen LogP contribution in [0.5, 0.6) is 0 Å². The van der Waals surface area contributed by atoms with E-state index in [0.29, 0.717) is 5.50 Å². The van der Waals surface area contributed by atoms with Crippen LogP contribution in [0.3, 0.4) is 0 Å². The minimum Gasteiger partial charge on any atom is -0.506 e. The molecule has 1 rings (SSSR count). The zero-order chi connectivity index (χ0) is 3.86. The number of halogens is 1. The Morgan fingerprint density at radius 1 is 2.00 bits per heavy atom. The van der Waals surface area contributed by atoms with Crippen LogP contribution in [0.25, 0.3) is 0 Å². The number of rotatable bonds is 0. The highest BCUT2D eigenvalue weighted by Crippen LogP contribution is 2.63. The van der Waals surface area contributed by atoms with Crippen molar-refractivity contribution in [3.8, 4) is 0 Å². The zero-order valence-corrected chi connectivity index (χ0v) is 4.00. The maximum absolute atomic E-state index is 8.19. The zero-order valence-electron chi connectivity index (χ0n) is 2.35. The molecule has 0 spiro atoms. The Bertz CT molecular complexity index is 79.7. The Labute approximate surface area is 35.8 Å². The van der Waals surface area contributed by atoms with E-state index in [1.54, 1.807) is 5.82 Å². The smallest absolute Gasteiger partial charge is 0.136 e. The molecule has 1 atom stereocenters. The highest BCUT2D eigenvalue weighted by molar-refractivity contribution is 7.95. The number of aliphatic hydroxyl groups excluding tert-OH is 1. The molecule has 0 aromatic rings. The fourth-order valence-corrected chi connectivity index (χ4v) is 0.872. The summed E-state index contributed by atoms with van der Waals surface area (Å²) in [5.74, 6) is 1.64. The summed E-state index contributed by atoms with van der Waals surface area (Å²) in [6, 6.07) is 0. The topological polar surface area (TPSA) is 20.2 Å². The first-order valence-electron chi connectivity index (χ1n) is 1.16. The van der Waals surface area contributed by atoms with E-state index in [2.05, 4.69) is 0 Å². The van der Waals surface area contributed by atoms with Gasteiger partial charge in [-0.3, -0.25) is 0 Å². The molecule has 0 amide bonds.